The Balaban J connectivity index is 1.64. The monoisotopic (exact) mass is 349 g/mol. The van der Waals surface area contributed by atoms with Crippen molar-refractivity contribution in [2.45, 2.75) is 12.8 Å². The van der Waals surface area contributed by atoms with Gasteiger partial charge in [-0.05, 0) is 49.2 Å². The maximum Gasteiger partial charge on any atom is 0.412 e. The van der Waals surface area contributed by atoms with Crippen LogP contribution in [0.1, 0.15) is 12.8 Å². The third-order valence-corrected chi connectivity index (χ3v) is 3.36. The largest absolute Gasteiger partial charge is 0.494 e. The molecular formula is C18H20ClNO4. The van der Waals surface area contributed by atoms with Crippen LogP contribution in [-0.2, 0) is 0 Å². The molecule has 0 aliphatic rings. The van der Waals surface area contributed by atoms with E-state index < -0.39 is 6.09 Å². The first-order chi connectivity index (χ1) is 11.7. The highest BCUT2D eigenvalue weighted by atomic mass is 35.5. The number of ether oxygens (including phenoxy) is 3. The van der Waals surface area contributed by atoms with Gasteiger partial charge < -0.3 is 19.5 Å². The highest BCUT2D eigenvalue weighted by Gasteiger charge is 2.03. The normalized spacial score (nSPS) is 10.1. The molecule has 2 rings (SSSR count). The third kappa shape index (κ3) is 6.38. The molecule has 0 bridgehead atoms. The molecule has 5 nitrogen and oxygen atoms in total. The van der Waals surface area contributed by atoms with Crippen molar-refractivity contribution in [3.05, 3.63) is 53.6 Å². The molecule has 0 unspecified atom stereocenters. The molecule has 1 N–H and O–H groups in total. The standard InChI is InChI=1S/C18H20ClNO4/c1-20-18(21)24-17-6-4-5-16(13-17)23-12-3-2-11-22-15-9-7-14(19)8-10-15/h4-10,13H,2-3,11-12H2,1H3,(H,20,21). The van der Waals surface area contributed by atoms with Crippen LogP contribution in [0.5, 0.6) is 17.2 Å². The summed E-state index contributed by atoms with van der Waals surface area (Å²) in [6.07, 6.45) is 1.22. The van der Waals surface area contributed by atoms with E-state index in [0.717, 1.165) is 18.6 Å². The number of nitrogens with one attached hydrogen (secondary N) is 1. The summed E-state index contributed by atoms with van der Waals surface area (Å²) < 4.78 is 16.3. The number of amides is 1. The molecule has 0 fully saturated rings. The first-order valence-electron chi connectivity index (χ1n) is 7.68. The van der Waals surface area contributed by atoms with Crippen LogP contribution in [0.15, 0.2) is 48.5 Å². The van der Waals surface area contributed by atoms with Gasteiger partial charge in [-0.25, -0.2) is 4.79 Å². The molecule has 0 saturated carbocycles. The number of halogens is 1. The van der Waals surface area contributed by atoms with E-state index in [0.29, 0.717) is 29.7 Å². The summed E-state index contributed by atoms with van der Waals surface area (Å²) in [6, 6.07) is 14.3. The molecule has 2 aromatic rings. The molecule has 2 aromatic carbocycles. The van der Waals surface area contributed by atoms with Crippen LogP contribution in [0.25, 0.3) is 0 Å². The summed E-state index contributed by atoms with van der Waals surface area (Å²) in [5, 5.41) is 3.09. The number of hydrogen-bond donors (Lipinski definition) is 1. The molecule has 1 amide bonds. The zero-order chi connectivity index (χ0) is 17.2. The lowest BCUT2D eigenvalue weighted by Crippen LogP contribution is -2.21. The van der Waals surface area contributed by atoms with Crippen molar-refractivity contribution in [2.24, 2.45) is 0 Å². The molecule has 128 valence electrons. The Morgan fingerprint density at radius 1 is 0.958 bits per heavy atom. The van der Waals surface area contributed by atoms with E-state index in [9.17, 15) is 4.79 Å². The Bertz CT molecular complexity index is 646. The van der Waals surface area contributed by atoms with E-state index in [1.165, 1.54) is 7.05 Å². The number of benzene rings is 2. The van der Waals surface area contributed by atoms with E-state index in [4.69, 9.17) is 25.8 Å². The van der Waals surface area contributed by atoms with Crippen LogP contribution in [0, 0.1) is 0 Å². The average molecular weight is 350 g/mol. The Labute approximate surface area is 146 Å². The molecule has 0 atom stereocenters. The Morgan fingerprint density at radius 3 is 2.25 bits per heavy atom. The predicted octanol–water partition coefficient (Wildman–Crippen LogP) is 4.30. The number of hydrogen-bond acceptors (Lipinski definition) is 4. The maximum atomic E-state index is 11.2. The van der Waals surface area contributed by atoms with Gasteiger partial charge in [-0.15, -0.1) is 0 Å². The summed E-state index contributed by atoms with van der Waals surface area (Å²) in [6.45, 7) is 1.18. The van der Waals surface area contributed by atoms with Crippen LogP contribution >= 0.6 is 11.6 Å². The molecule has 24 heavy (non-hydrogen) atoms. The van der Waals surface area contributed by atoms with Crippen molar-refractivity contribution in [1.82, 2.24) is 5.32 Å². The van der Waals surface area contributed by atoms with E-state index in [2.05, 4.69) is 5.32 Å². The highest BCUT2D eigenvalue weighted by molar-refractivity contribution is 6.30. The third-order valence-electron chi connectivity index (χ3n) is 3.11. The molecule has 0 aromatic heterocycles. The van der Waals surface area contributed by atoms with Crippen LogP contribution in [0.3, 0.4) is 0 Å². The van der Waals surface area contributed by atoms with Crippen LogP contribution in [-0.4, -0.2) is 26.4 Å². The number of carbonyl (C=O) groups is 1. The first kappa shape index (κ1) is 17.9. The van der Waals surface area contributed by atoms with Gasteiger partial charge in [0.2, 0.25) is 0 Å². The van der Waals surface area contributed by atoms with E-state index in [1.807, 2.05) is 18.2 Å². The average Bonchev–Trinajstić information content (AvgIpc) is 2.60. The number of rotatable bonds is 8. The smallest absolute Gasteiger partial charge is 0.412 e. The van der Waals surface area contributed by atoms with Crippen LogP contribution in [0.2, 0.25) is 5.02 Å². The molecule has 0 aliphatic heterocycles. The Hall–Kier alpha value is -2.40. The summed E-state index contributed by atoms with van der Waals surface area (Å²) >= 11 is 5.82. The second kappa shape index (κ2) is 9.67. The molecular weight excluding hydrogens is 330 g/mol. The lowest BCUT2D eigenvalue weighted by Gasteiger charge is -2.09. The van der Waals surface area contributed by atoms with Crippen molar-refractivity contribution in [3.63, 3.8) is 0 Å². The Morgan fingerprint density at radius 2 is 1.58 bits per heavy atom. The van der Waals surface area contributed by atoms with Gasteiger partial charge in [0.05, 0.1) is 13.2 Å². The molecule has 0 radical (unpaired) electrons. The van der Waals surface area contributed by atoms with E-state index in [-0.39, 0.29) is 0 Å². The number of unbranched alkanes of at least 4 members (excludes halogenated alkanes) is 1. The van der Waals surface area contributed by atoms with Crippen molar-refractivity contribution >= 4 is 17.7 Å². The van der Waals surface area contributed by atoms with Gasteiger partial charge in [0.25, 0.3) is 0 Å². The fraction of sp³-hybridized carbons (Fsp3) is 0.278. The lowest BCUT2D eigenvalue weighted by atomic mass is 10.3. The minimum absolute atomic E-state index is 0.443. The van der Waals surface area contributed by atoms with Crippen LogP contribution in [0.4, 0.5) is 4.79 Å². The molecule has 0 spiro atoms. The SMILES string of the molecule is CNC(=O)Oc1cccc(OCCCCOc2ccc(Cl)cc2)c1. The van der Waals surface area contributed by atoms with E-state index >= 15 is 0 Å². The second-order valence-corrected chi connectivity index (χ2v) is 5.41. The molecule has 6 heteroatoms. The van der Waals surface area contributed by atoms with Gasteiger partial charge >= 0.3 is 6.09 Å². The van der Waals surface area contributed by atoms with Crippen molar-refractivity contribution in [3.8, 4) is 17.2 Å². The second-order valence-electron chi connectivity index (χ2n) is 4.97. The van der Waals surface area contributed by atoms with Crippen LogP contribution < -0.4 is 19.5 Å². The minimum atomic E-state index is -0.508. The summed E-state index contributed by atoms with van der Waals surface area (Å²) in [5.41, 5.74) is 0. The topological polar surface area (TPSA) is 56.8 Å². The Kier molecular flexibility index (Phi) is 7.23. The molecule has 0 saturated heterocycles. The zero-order valence-electron chi connectivity index (χ0n) is 13.5. The van der Waals surface area contributed by atoms with Gasteiger partial charge in [0.1, 0.15) is 17.2 Å². The summed E-state index contributed by atoms with van der Waals surface area (Å²) in [4.78, 5) is 11.2. The minimum Gasteiger partial charge on any atom is -0.494 e. The van der Waals surface area contributed by atoms with Gasteiger partial charge in [-0.1, -0.05) is 17.7 Å². The summed E-state index contributed by atoms with van der Waals surface area (Å²) in [5.74, 6) is 1.91. The van der Waals surface area contributed by atoms with Gasteiger partial charge in [-0.2, -0.15) is 0 Å². The molecule has 0 heterocycles. The molecule has 0 aliphatic carbocycles. The van der Waals surface area contributed by atoms with Gasteiger partial charge in [0.15, 0.2) is 0 Å². The fourth-order valence-electron chi connectivity index (χ4n) is 1.90. The summed E-state index contributed by atoms with van der Waals surface area (Å²) in [7, 11) is 1.51. The van der Waals surface area contributed by atoms with Crippen molar-refractivity contribution in [1.29, 1.82) is 0 Å². The fourth-order valence-corrected chi connectivity index (χ4v) is 2.03. The maximum absolute atomic E-state index is 11.2. The highest BCUT2D eigenvalue weighted by Crippen LogP contribution is 2.20. The number of carbonyl (C=O) groups excluding carboxylic acids is 1. The van der Waals surface area contributed by atoms with Gasteiger partial charge in [-0.3, -0.25) is 0 Å². The van der Waals surface area contributed by atoms with E-state index in [1.54, 1.807) is 30.3 Å². The quantitative estimate of drug-likeness (QED) is 0.722. The lowest BCUT2D eigenvalue weighted by molar-refractivity contribution is 0.202. The van der Waals surface area contributed by atoms with Crippen molar-refractivity contribution < 1.29 is 19.0 Å². The predicted molar refractivity (Wildman–Crippen MR) is 93.2 cm³/mol. The zero-order valence-corrected chi connectivity index (χ0v) is 14.2. The first-order valence-corrected chi connectivity index (χ1v) is 8.06. The van der Waals surface area contributed by atoms with Crippen molar-refractivity contribution in [2.75, 3.05) is 20.3 Å². The van der Waals surface area contributed by atoms with Gasteiger partial charge in [0, 0.05) is 18.1 Å².